The largest absolute Gasteiger partial charge is 0.481 e. The number of sulfone groups is 1. The van der Waals surface area contributed by atoms with E-state index in [9.17, 15) is 18.3 Å². The van der Waals surface area contributed by atoms with Crippen molar-refractivity contribution in [1.29, 1.82) is 0 Å². The van der Waals surface area contributed by atoms with Crippen molar-refractivity contribution >= 4 is 15.8 Å². The number of benzene rings is 2. The molecule has 0 radical (unpaired) electrons. The Morgan fingerprint density at radius 1 is 0.962 bits per heavy atom. The first-order valence-corrected chi connectivity index (χ1v) is 10.6. The Morgan fingerprint density at radius 3 is 2.15 bits per heavy atom. The lowest BCUT2D eigenvalue weighted by Crippen LogP contribution is -2.39. The molecule has 0 heterocycles. The molecular formula is C21H24O4S. The van der Waals surface area contributed by atoms with Gasteiger partial charge in [-0.2, -0.15) is 0 Å². The van der Waals surface area contributed by atoms with Crippen LogP contribution in [0.15, 0.2) is 54.6 Å². The molecule has 26 heavy (non-hydrogen) atoms. The van der Waals surface area contributed by atoms with Crippen LogP contribution in [-0.2, 0) is 14.6 Å². The van der Waals surface area contributed by atoms with Gasteiger partial charge in [-0.3, -0.25) is 4.79 Å². The summed E-state index contributed by atoms with van der Waals surface area (Å²) < 4.78 is 26.2. The summed E-state index contributed by atoms with van der Waals surface area (Å²) in [5.74, 6) is -1.79. The number of aliphatic carboxylic acids is 1. The lowest BCUT2D eigenvalue weighted by atomic mass is 9.89. The van der Waals surface area contributed by atoms with E-state index in [0.717, 1.165) is 24.0 Å². The standard InChI is InChI=1S/C21H24O4S/c1-15(26(24,25)20-10-6-5-9-19(20)21(22)23)16-11-13-18(14-12-16)17-7-3-2-4-8-17/h2-4,7-8,11-15,19-20H,5-6,9-10H2,1H3,(H,22,23)/t15?,19-,20+/m0/s1. The number of hydrogen-bond acceptors (Lipinski definition) is 3. The first-order chi connectivity index (χ1) is 12.4. The minimum absolute atomic E-state index is 0.436. The maximum Gasteiger partial charge on any atom is 0.307 e. The zero-order valence-electron chi connectivity index (χ0n) is 14.8. The van der Waals surface area contributed by atoms with Gasteiger partial charge in [0.25, 0.3) is 0 Å². The second kappa shape index (κ2) is 7.62. The summed E-state index contributed by atoms with van der Waals surface area (Å²) in [6.07, 6.45) is 2.43. The highest BCUT2D eigenvalue weighted by Gasteiger charge is 2.42. The summed E-state index contributed by atoms with van der Waals surface area (Å²) in [4.78, 5) is 11.5. The SMILES string of the molecule is CC(c1ccc(-c2ccccc2)cc1)S(=O)(=O)[C@@H]1CCCC[C@@H]1C(=O)O. The Balaban J connectivity index is 1.85. The van der Waals surface area contributed by atoms with E-state index in [-0.39, 0.29) is 0 Å². The third kappa shape index (κ3) is 3.68. The molecule has 0 aromatic heterocycles. The first-order valence-electron chi connectivity index (χ1n) is 9.02. The highest BCUT2D eigenvalue weighted by atomic mass is 32.2. The van der Waals surface area contributed by atoms with E-state index in [2.05, 4.69) is 0 Å². The quantitative estimate of drug-likeness (QED) is 0.840. The molecule has 5 heteroatoms. The van der Waals surface area contributed by atoms with Gasteiger partial charge in [0, 0.05) is 0 Å². The van der Waals surface area contributed by atoms with Gasteiger partial charge in [0.05, 0.1) is 16.4 Å². The van der Waals surface area contributed by atoms with Crippen molar-refractivity contribution in [2.75, 3.05) is 0 Å². The van der Waals surface area contributed by atoms with Crippen LogP contribution in [0.3, 0.4) is 0 Å². The molecule has 138 valence electrons. The number of carbonyl (C=O) groups is 1. The molecule has 0 saturated heterocycles. The van der Waals surface area contributed by atoms with Crippen LogP contribution in [0.2, 0.25) is 0 Å². The van der Waals surface area contributed by atoms with Gasteiger partial charge in [-0.25, -0.2) is 8.42 Å². The zero-order chi connectivity index (χ0) is 18.7. The van der Waals surface area contributed by atoms with Crippen molar-refractivity contribution in [2.24, 2.45) is 5.92 Å². The summed E-state index contributed by atoms with van der Waals surface area (Å²) in [5.41, 5.74) is 2.81. The van der Waals surface area contributed by atoms with Crippen LogP contribution in [0.25, 0.3) is 11.1 Å². The molecule has 1 N–H and O–H groups in total. The Bertz CT molecular complexity index is 857. The zero-order valence-corrected chi connectivity index (χ0v) is 15.7. The summed E-state index contributed by atoms with van der Waals surface area (Å²) in [6, 6.07) is 17.4. The molecule has 4 nitrogen and oxygen atoms in total. The summed E-state index contributed by atoms with van der Waals surface area (Å²) in [7, 11) is -3.57. The van der Waals surface area contributed by atoms with Crippen LogP contribution in [0.4, 0.5) is 0 Å². The van der Waals surface area contributed by atoms with Crippen molar-refractivity contribution in [3.63, 3.8) is 0 Å². The van der Waals surface area contributed by atoms with Gasteiger partial charge in [0.15, 0.2) is 9.84 Å². The molecule has 1 unspecified atom stereocenters. The molecule has 3 atom stereocenters. The maximum absolute atomic E-state index is 13.1. The molecule has 1 fully saturated rings. The lowest BCUT2D eigenvalue weighted by Gasteiger charge is -2.30. The van der Waals surface area contributed by atoms with Gasteiger partial charge in [-0.1, -0.05) is 67.4 Å². The fraction of sp³-hybridized carbons (Fsp3) is 0.381. The Kier molecular flexibility index (Phi) is 5.47. The predicted molar refractivity (Wildman–Crippen MR) is 103 cm³/mol. The van der Waals surface area contributed by atoms with E-state index in [0.29, 0.717) is 18.4 Å². The second-order valence-corrected chi connectivity index (χ2v) is 9.48. The maximum atomic E-state index is 13.1. The van der Waals surface area contributed by atoms with Crippen molar-refractivity contribution in [1.82, 2.24) is 0 Å². The Hall–Kier alpha value is -2.14. The number of carboxylic acid groups (broad SMARTS) is 1. The van der Waals surface area contributed by atoms with Gasteiger partial charge in [-0.05, 0) is 36.5 Å². The van der Waals surface area contributed by atoms with E-state index in [1.165, 1.54) is 0 Å². The third-order valence-corrected chi connectivity index (χ3v) is 8.09. The molecule has 0 aliphatic heterocycles. The second-order valence-electron chi connectivity index (χ2n) is 6.99. The summed E-state index contributed by atoms with van der Waals surface area (Å²) in [5, 5.41) is 7.92. The molecule has 2 aromatic carbocycles. The number of carboxylic acids is 1. The fourth-order valence-electron chi connectivity index (χ4n) is 3.80. The normalized spacial score (nSPS) is 21.9. The molecule has 2 aromatic rings. The van der Waals surface area contributed by atoms with E-state index in [1.54, 1.807) is 6.92 Å². The molecule has 1 saturated carbocycles. The summed E-state index contributed by atoms with van der Waals surface area (Å²) in [6.45, 7) is 1.67. The van der Waals surface area contributed by atoms with Crippen molar-refractivity contribution in [3.8, 4) is 11.1 Å². The lowest BCUT2D eigenvalue weighted by molar-refractivity contribution is -0.142. The van der Waals surface area contributed by atoms with Crippen LogP contribution in [0, 0.1) is 5.92 Å². The first kappa shape index (κ1) is 18.6. The van der Waals surface area contributed by atoms with E-state index < -0.39 is 32.2 Å². The van der Waals surface area contributed by atoms with Gasteiger partial charge in [-0.15, -0.1) is 0 Å². The van der Waals surface area contributed by atoms with Crippen LogP contribution in [-0.4, -0.2) is 24.7 Å². The molecular weight excluding hydrogens is 348 g/mol. The molecule has 0 amide bonds. The highest BCUT2D eigenvalue weighted by molar-refractivity contribution is 7.92. The number of rotatable bonds is 5. The molecule has 0 bridgehead atoms. The topological polar surface area (TPSA) is 71.4 Å². The average Bonchev–Trinajstić information content (AvgIpc) is 2.68. The van der Waals surface area contributed by atoms with Gasteiger partial charge < -0.3 is 5.11 Å². The predicted octanol–water partition coefficient (Wildman–Crippen LogP) is 4.47. The Morgan fingerprint density at radius 2 is 1.54 bits per heavy atom. The van der Waals surface area contributed by atoms with Crippen molar-refractivity contribution in [3.05, 3.63) is 60.2 Å². The van der Waals surface area contributed by atoms with Gasteiger partial charge in [0.2, 0.25) is 0 Å². The Labute approximate surface area is 154 Å². The van der Waals surface area contributed by atoms with Crippen LogP contribution < -0.4 is 0 Å². The van der Waals surface area contributed by atoms with Crippen molar-refractivity contribution in [2.45, 2.75) is 43.1 Å². The van der Waals surface area contributed by atoms with E-state index in [1.807, 2.05) is 54.6 Å². The third-order valence-electron chi connectivity index (χ3n) is 5.42. The molecule has 1 aliphatic carbocycles. The van der Waals surface area contributed by atoms with E-state index >= 15 is 0 Å². The minimum atomic E-state index is -3.57. The smallest absolute Gasteiger partial charge is 0.307 e. The average molecular weight is 372 g/mol. The van der Waals surface area contributed by atoms with Crippen molar-refractivity contribution < 1.29 is 18.3 Å². The van der Waals surface area contributed by atoms with Gasteiger partial charge in [0.1, 0.15) is 0 Å². The van der Waals surface area contributed by atoms with Crippen LogP contribution in [0.1, 0.15) is 43.4 Å². The van der Waals surface area contributed by atoms with E-state index in [4.69, 9.17) is 0 Å². The minimum Gasteiger partial charge on any atom is -0.481 e. The van der Waals surface area contributed by atoms with Crippen LogP contribution >= 0.6 is 0 Å². The highest BCUT2D eigenvalue weighted by Crippen LogP contribution is 2.37. The molecule has 1 aliphatic rings. The summed E-state index contributed by atoms with van der Waals surface area (Å²) >= 11 is 0. The monoisotopic (exact) mass is 372 g/mol. The fourth-order valence-corrected chi connectivity index (χ4v) is 6.07. The van der Waals surface area contributed by atoms with Crippen LogP contribution in [0.5, 0.6) is 0 Å². The molecule has 3 rings (SSSR count). The van der Waals surface area contributed by atoms with Gasteiger partial charge >= 0.3 is 5.97 Å². The number of hydrogen-bond donors (Lipinski definition) is 1. The molecule has 0 spiro atoms.